The molecule has 2 unspecified atom stereocenters. The first kappa shape index (κ1) is 16.4. The number of methoxy groups -OCH3 is 1. The highest BCUT2D eigenvalue weighted by molar-refractivity contribution is 5.81. The van der Waals surface area contributed by atoms with E-state index in [4.69, 9.17) is 9.47 Å². The molecule has 1 aliphatic heterocycles. The van der Waals surface area contributed by atoms with E-state index in [-0.39, 0.29) is 11.9 Å². The fourth-order valence-electron chi connectivity index (χ4n) is 2.87. The first-order chi connectivity index (χ1) is 11.7. The molecule has 1 saturated heterocycles. The van der Waals surface area contributed by atoms with Crippen LogP contribution >= 0.6 is 0 Å². The van der Waals surface area contributed by atoms with Gasteiger partial charge in [0.25, 0.3) is 5.91 Å². The summed E-state index contributed by atoms with van der Waals surface area (Å²) in [7, 11) is 1.63. The number of hydrogen-bond donors (Lipinski definition) is 0. The van der Waals surface area contributed by atoms with Gasteiger partial charge in [-0.1, -0.05) is 23.4 Å². The lowest BCUT2D eigenvalue weighted by Crippen LogP contribution is -2.39. The number of nitrogens with zero attached hydrogens (tertiary/aromatic N) is 4. The number of carbonyl (C=O) groups is 1. The van der Waals surface area contributed by atoms with E-state index >= 15 is 0 Å². The molecule has 128 valence electrons. The molecule has 1 amide bonds. The van der Waals surface area contributed by atoms with Gasteiger partial charge in [-0.25, -0.2) is 4.68 Å². The lowest BCUT2D eigenvalue weighted by atomic mass is 10.3. The number of rotatable bonds is 6. The summed E-state index contributed by atoms with van der Waals surface area (Å²) in [4.78, 5) is 14.4. The van der Waals surface area contributed by atoms with Gasteiger partial charge in [0.05, 0.1) is 18.8 Å². The Morgan fingerprint density at radius 2 is 2.17 bits per heavy atom. The van der Waals surface area contributed by atoms with Gasteiger partial charge in [0.2, 0.25) is 0 Å². The molecule has 1 aromatic heterocycles. The van der Waals surface area contributed by atoms with Crippen molar-refractivity contribution in [2.45, 2.75) is 32.1 Å². The summed E-state index contributed by atoms with van der Waals surface area (Å²) < 4.78 is 12.6. The van der Waals surface area contributed by atoms with Crippen molar-refractivity contribution >= 4 is 5.91 Å². The van der Waals surface area contributed by atoms with Crippen molar-refractivity contribution in [2.24, 2.45) is 0 Å². The van der Waals surface area contributed by atoms with Gasteiger partial charge in [-0.05, 0) is 25.5 Å². The van der Waals surface area contributed by atoms with Crippen molar-refractivity contribution in [3.05, 3.63) is 42.2 Å². The molecule has 0 bridgehead atoms. The second-order valence-corrected chi connectivity index (χ2v) is 5.92. The standard InChI is InChI=1S/C17H22N4O3/c1-13(24-16-6-4-3-5-7-16)17(22)20-9-8-15(11-20)21-10-14(12-23-2)18-19-21/h3-7,10,13,15H,8-9,11-12H2,1-2H3. The van der Waals surface area contributed by atoms with E-state index < -0.39 is 6.10 Å². The van der Waals surface area contributed by atoms with E-state index in [0.717, 1.165) is 12.1 Å². The molecule has 24 heavy (non-hydrogen) atoms. The summed E-state index contributed by atoms with van der Waals surface area (Å²) in [5.74, 6) is 0.702. The predicted octanol–water partition coefficient (Wildman–Crippen LogP) is 1.67. The van der Waals surface area contributed by atoms with E-state index in [1.807, 2.05) is 46.1 Å². The molecule has 2 heterocycles. The first-order valence-corrected chi connectivity index (χ1v) is 8.07. The van der Waals surface area contributed by atoms with E-state index in [9.17, 15) is 4.79 Å². The third-order valence-corrected chi connectivity index (χ3v) is 4.10. The Morgan fingerprint density at radius 3 is 2.92 bits per heavy atom. The van der Waals surface area contributed by atoms with E-state index in [1.54, 1.807) is 14.0 Å². The molecule has 3 rings (SSSR count). The number of likely N-dealkylation sites (tertiary alicyclic amines) is 1. The predicted molar refractivity (Wildman–Crippen MR) is 87.5 cm³/mol. The summed E-state index contributed by atoms with van der Waals surface area (Å²) in [6.07, 6.45) is 2.23. The van der Waals surface area contributed by atoms with Crippen molar-refractivity contribution in [3.8, 4) is 5.75 Å². The number of ether oxygens (including phenoxy) is 2. The average molecular weight is 330 g/mol. The number of aromatic nitrogens is 3. The van der Waals surface area contributed by atoms with Gasteiger partial charge < -0.3 is 14.4 Å². The second kappa shape index (κ2) is 7.44. The molecule has 7 nitrogen and oxygen atoms in total. The van der Waals surface area contributed by atoms with Crippen LogP contribution in [0.3, 0.4) is 0 Å². The molecule has 0 radical (unpaired) electrons. The van der Waals surface area contributed by atoms with Crippen LogP contribution in [0.5, 0.6) is 5.75 Å². The fraction of sp³-hybridized carbons (Fsp3) is 0.471. The van der Waals surface area contributed by atoms with Crippen molar-refractivity contribution < 1.29 is 14.3 Å². The Morgan fingerprint density at radius 1 is 1.38 bits per heavy atom. The van der Waals surface area contributed by atoms with Crippen LogP contribution in [0, 0.1) is 0 Å². The maximum atomic E-state index is 12.6. The quantitative estimate of drug-likeness (QED) is 0.806. The molecule has 0 aliphatic carbocycles. The number of amides is 1. The lowest BCUT2D eigenvalue weighted by Gasteiger charge is -2.21. The van der Waals surface area contributed by atoms with E-state index in [1.165, 1.54) is 0 Å². The monoisotopic (exact) mass is 330 g/mol. The number of para-hydroxylation sites is 1. The van der Waals surface area contributed by atoms with E-state index in [0.29, 0.717) is 25.4 Å². The number of benzene rings is 1. The van der Waals surface area contributed by atoms with Crippen LogP contribution < -0.4 is 4.74 Å². The Balaban J connectivity index is 1.57. The maximum absolute atomic E-state index is 12.6. The highest BCUT2D eigenvalue weighted by atomic mass is 16.5. The Kier molecular flexibility index (Phi) is 5.10. The summed E-state index contributed by atoms with van der Waals surface area (Å²) >= 11 is 0. The van der Waals surface area contributed by atoms with Crippen LogP contribution in [0.1, 0.15) is 25.1 Å². The van der Waals surface area contributed by atoms with Gasteiger partial charge >= 0.3 is 0 Å². The Labute approximate surface area is 141 Å². The van der Waals surface area contributed by atoms with Gasteiger partial charge in [-0.15, -0.1) is 5.10 Å². The van der Waals surface area contributed by atoms with Crippen molar-refractivity contribution in [1.29, 1.82) is 0 Å². The molecule has 2 atom stereocenters. The van der Waals surface area contributed by atoms with Gasteiger partial charge in [-0.3, -0.25) is 4.79 Å². The molecular formula is C17H22N4O3. The highest BCUT2D eigenvalue weighted by Crippen LogP contribution is 2.22. The minimum absolute atomic E-state index is 0.00131. The molecule has 2 aromatic rings. The zero-order valence-electron chi connectivity index (χ0n) is 14.0. The molecule has 7 heteroatoms. The molecule has 0 saturated carbocycles. The third kappa shape index (κ3) is 3.73. The molecule has 1 fully saturated rings. The van der Waals surface area contributed by atoms with Crippen LogP contribution in [-0.2, 0) is 16.1 Å². The van der Waals surface area contributed by atoms with Gasteiger partial charge in [0.15, 0.2) is 6.10 Å². The minimum Gasteiger partial charge on any atom is -0.481 e. The van der Waals surface area contributed by atoms with Crippen LogP contribution in [0.4, 0.5) is 0 Å². The first-order valence-electron chi connectivity index (χ1n) is 8.07. The topological polar surface area (TPSA) is 69.5 Å². The van der Waals surface area contributed by atoms with Crippen LogP contribution in [0.15, 0.2) is 36.5 Å². The Bertz CT molecular complexity index is 673. The van der Waals surface area contributed by atoms with E-state index in [2.05, 4.69) is 10.3 Å². The summed E-state index contributed by atoms with van der Waals surface area (Å²) in [5, 5.41) is 8.21. The zero-order chi connectivity index (χ0) is 16.9. The second-order valence-electron chi connectivity index (χ2n) is 5.92. The molecular weight excluding hydrogens is 308 g/mol. The van der Waals surface area contributed by atoms with Crippen LogP contribution in [-0.4, -0.2) is 52.1 Å². The van der Waals surface area contributed by atoms with Crippen molar-refractivity contribution in [1.82, 2.24) is 19.9 Å². The fourth-order valence-corrected chi connectivity index (χ4v) is 2.87. The summed E-state index contributed by atoms with van der Waals surface area (Å²) in [6.45, 7) is 3.55. The Hall–Kier alpha value is -2.41. The van der Waals surface area contributed by atoms with Crippen LogP contribution in [0.25, 0.3) is 0 Å². The van der Waals surface area contributed by atoms with Crippen molar-refractivity contribution in [2.75, 3.05) is 20.2 Å². The lowest BCUT2D eigenvalue weighted by molar-refractivity contribution is -0.136. The van der Waals surface area contributed by atoms with Gasteiger partial charge in [-0.2, -0.15) is 0 Å². The highest BCUT2D eigenvalue weighted by Gasteiger charge is 2.31. The van der Waals surface area contributed by atoms with Crippen LogP contribution in [0.2, 0.25) is 0 Å². The van der Waals surface area contributed by atoms with Gasteiger partial charge in [0, 0.05) is 20.2 Å². The SMILES string of the molecule is COCc1cn(C2CCN(C(=O)C(C)Oc3ccccc3)C2)nn1. The number of hydrogen-bond acceptors (Lipinski definition) is 5. The molecule has 0 N–H and O–H groups in total. The summed E-state index contributed by atoms with van der Waals surface area (Å²) in [5.41, 5.74) is 0.794. The molecule has 0 spiro atoms. The molecule has 1 aliphatic rings. The van der Waals surface area contributed by atoms with Gasteiger partial charge in [0.1, 0.15) is 11.4 Å². The maximum Gasteiger partial charge on any atom is 0.263 e. The van der Waals surface area contributed by atoms with Crippen molar-refractivity contribution in [3.63, 3.8) is 0 Å². The smallest absolute Gasteiger partial charge is 0.263 e. The minimum atomic E-state index is -0.508. The third-order valence-electron chi connectivity index (χ3n) is 4.10. The number of carbonyl (C=O) groups excluding carboxylic acids is 1. The average Bonchev–Trinajstić information content (AvgIpc) is 3.24. The zero-order valence-corrected chi connectivity index (χ0v) is 14.0. The molecule has 1 aromatic carbocycles. The normalized spacial score (nSPS) is 18.6. The largest absolute Gasteiger partial charge is 0.481 e. The summed E-state index contributed by atoms with van der Waals surface area (Å²) in [6, 6.07) is 9.55.